The van der Waals surface area contributed by atoms with E-state index in [1.54, 1.807) is 0 Å². The summed E-state index contributed by atoms with van der Waals surface area (Å²) in [5.41, 5.74) is 1.26. The van der Waals surface area contributed by atoms with Gasteiger partial charge < -0.3 is 10.2 Å². The number of nitrogens with zero attached hydrogens (tertiary/aromatic N) is 1. The van der Waals surface area contributed by atoms with Crippen LogP contribution in [0.1, 0.15) is 20.8 Å². The average Bonchev–Trinajstić information content (AvgIpc) is 2.00. The van der Waals surface area contributed by atoms with Crippen molar-refractivity contribution in [3.63, 3.8) is 0 Å². The monoisotopic (exact) mass is 170 g/mol. The molecule has 0 saturated carbocycles. The van der Waals surface area contributed by atoms with E-state index < -0.39 is 0 Å². The van der Waals surface area contributed by atoms with Gasteiger partial charge in [-0.15, -0.1) is 0 Å². The molecule has 0 aliphatic heterocycles. The second kappa shape index (κ2) is 6.21. The van der Waals surface area contributed by atoms with Crippen molar-refractivity contribution in [3.05, 3.63) is 12.2 Å². The van der Waals surface area contributed by atoms with Gasteiger partial charge in [0.15, 0.2) is 0 Å². The van der Waals surface area contributed by atoms with E-state index in [2.05, 4.69) is 44.6 Å². The minimum Gasteiger partial charge on any atom is -0.313 e. The first-order valence-corrected chi connectivity index (χ1v) is 4.65. The summed E-state index contributed by atoms with van der Waals surface area (Å²) >= 11 is 0. The van der Waals surface area contributed by atoms with Crippen LogP contribution in [0.25, 0.3) is 0 Å². The van der Waals surface area contributed by atoms with Gasteiger partial charge in [0.25, 0.3) is 0 Å². The highest BCUT2D eigenvalue weighted by molar-refractivity contribution is 4.99. The number of rotatable bonds is 6. The second-order valence-electron chi connectivity index (χ2n) is 3.54. The molecule has 0 saturated heterocycles. The Bertz CT molecular complexity index is 130. The molecule has 2 heteroatoms. The molecule has 0 amide bonds. The largest absolute Gasteiger partial charge is 0.313 e. The standard InChI is InChI=1S/C10H22N2/c1-6-11-7-10(4)8-12(5)9(2)3/h9,11H,4,6-8H2,1-3,5H3. The third-order valence-electron chi connectivity index (χ3n) is 1.98. The SMILES string of the molecule is C=C(CNCC)CN(C)C(C)C. The maximum absolute atomic E-state index is 4.01. The lowest BCUT2D eigenvalue weighted by atomic mass is 10.2. The highest BCUT2D eigenvalue weighted by Crippen LogP contribution is 1.97. The van der Waals surface area contributed by atoms with Gasteiger partial charge in [0.1, 0.15) is 0 Å². The van der Waals surface area contributed by atoms with Crippen molar-refractivity contribution in [3.8, 4) is 0 Å². The summed E-state index contributed by atoms with van der Waals surface area (Å²) in [5, 5.41) is 3.27. The zero-order chi connectivity index (χ0) is 9.56. The maximum atomic E-state index is 4.01. The molecule has 12 heavy (non-hydrogen) atoms. The Morgan fingerprint density at radius 1 is 1.50 bits per heavy atom. The second-order valence-corrected chi connectivity index (χ2v) is 3.54. The molecule has 0 rings (SSSR count). The number of nitrogens with one attached hydrogen (secondary N) is 1. The molecule has 0 heterocycles. The quantitative estimate of drug-likeness (QED) is 0.608. The molecule has 2 nitrogen and oxygen atoms in total. The van der Waals surface area contributed by atoms with Gasteiger partial charge in [-0.3, -0.25) is 0 Å². The Morgan fingerprint density at radius 3 is 2.50 bits per heavy atom. The smallest absolute Gasteiger partial charge is 0.0202 e. The zero-order valence-electron chi connectivity index (χ0n) is 8.85. The van der Waals surface area contributed by atoms with Gasteiger partial charge in [-0.1, -0.05) is 13.5 Å². The van der Waals surface area contributed by atoms with E-state index in [-0.39, 0.29) is 0 Å². The van der Waals surface area contributed by atoms with E-state index in [9.17, 15) is 0 Å². The van der Waals surface area contributed by atoms with Crippen LogP contribution in [0.4, 0.5) is 0 Å². The molecule has 0 aromatic rings. The molecule has 0 aromatic carbocycles. The van der Waals surface area contributed by atoms with Crippen molar-refractivity contribution >= 4 is 0 Å². The van der Waals surface area contributed by atoms with E-state index in [1.165, 1.54) is 5.57 Å². The van der Waals surface area contributed by atoms with E-state index >= 15 is 0 Å². The minimum atomic E-state index is 0.600. The Labute approximate surface area is 76.6 Å². The molecule has 0 radical (unpaired) electrons. The highest BCUT2D eigenvalue weighted by Gasteiger charge is 2.03. The van der Waals surface area contributed by atoms with Crippen molar-refractivity contribution in [2.24, 2.45) is 0 Å². The molecule has 0 aliphatic rings. The van der Waals surface area contributed by atoms with Gasteiger partial charge in [0.2, 0.25) is 0 Å². The first-order valence-electron chi connectivity index (χ1n) is 4.65. The third kappa shape index (κ3) is 5.33. The summed E-state index contributed by atoms with van der Waals surface area (Å²) < 4.78 is 0. The lowest BCUT2D eigenvalue weighted by Gasteiger charge is -2.22. The molecule has 0 aliphatic carbocycles. The lowest BCUT2D eigenvalue weighted by Crippen LogP contribution is -2.30. The summed E-state index contributed by atoms with van der Waals surface area (Å²) in [6.07, 6.45) is 0. The third-order valence-corrected chi connectivity index (χ3v) is 1.98. The van der Waals surface area contributed by atoms with Crippen LogP contribution in [0.2, 0.25) is 0 Å². The zero-order valence-corrected chi connectivity index (χ0v) is 8.85. The van der Waals surface area contributed by atoms with Crippen molar-refractivity contribution in [2.75, 3.05) is 26.7 Å². The summed E-state index contributed by atoms with van der Waals surface area (Å²) in [6.45, 7) is 13.5. The topological polar surface area (TPSA) is 15.3 Å². The molecule has 0 bridgehead atoms. The Kier molecular flexibility index (Phi) is 6.03. The van der Waals surface area contributed by atoms with Gasteiger partial charge in [0.05, 0.1) is 0 Å². The van der Waals surface area contributed by atoms with E-state index in [0.29, 0.717) is 6.04 Å². The van der Waals surface area contributed by atoms with Crippen molar-refractivity contribution in [1.82, 2.24) is 10.2 Å². The summed E-state index contributed by atoms with van der Waals surface area (Å²) in [6, 6.07) is 0.600. The number of hydrogen-bond donors (Lipinski definition) is 1. The van der Waals surface area contributed by atoms with Crippen molar-refractivity contribution in [2.45, 2.75) is 26.8 Å². The Morgan fingerprint density at radius 2 is 2.08 bits per heavy atom. The van der Waals surface area contributed by atoms with Crippen molar-refractivity contribution < 1.29 is 0 Å². The van der Waals surface area contributed by atoms with Crippen LogP contribution in [0.15, 0.2) is 12.2 Å². The van der Waals surface area contributed by atoms with Crippen LogP contribution >= 0.6 is 0 Å². The van der Waals surface area contributed by atoms with Crippen LogP contribution in [0.5, 0.6) is 0 Å². The molecule has 0 atom stereocenters. The van der Waals surface area contributed by atoms with E-state index in [0.717, 1.165) is 19.6 Å². The fourth-order valence-electron chi connectivity index (χ4n) is 0.893. The molecule has 0 unspecified atom stereocenters. The first-order chi connectivity index (χ1) is 5.57. The molecular formula is C10H22N2. The predicted octanol–water partition coefficient (Wildman–Crippen LogP) is 1.49. The molecule has 0 fully saturated rings. The fourth-order valence-corrected chi connectivity index (χ4v) is 0.893. The van der Waals surface area contributed by atoms with Crippen LogP contribution in [0.3, 0.4) is 0 Å². The molecule has 0 aromatic heterocycles. The van der Waals surface area contributed by atoms with Crippen molar-refractivity contribution in [1.29, 1.82) is 0 Å². The van der Waals surface area contributed by atoms with Crippen LogP contribution in [0, 0.1) is 0 Å². The average molecular weight is 170 g/mol. The fraction of sp³-hybridized carbons (Fsp3) is 0.800. The molecular weight excluding hydrogens is 148 g/mol. The summed E-state index contributed by atoms with van der Waals surface area (Å²) in [7, 11) is 2.13. The van der Waals surface area contributed by atoms with E-state index in [1.807, 2.05) is 0 Å². The Balaban J connectivity index is 3.54. The normalized spacial score (nSPS) is 11.2. The van der Waals surface area contributed by atoms with Crippen LogP contribution < -0.4 is 5.32 Å². The van der Waals surface area contributed by atoms with Gasteiger partial charge in [0, 0.05) is 19.1 Å². The molecule has 0 spiro atoms. The van der Waals surface area contributed by atoms with Gasteiger partial charge in [-0.25, -0.2) is 0 Å². The van der Waals surface area contributed by atoms with Gasteiger partial charge in [-0.2, -0.15) is 0 Å². The molecule has 1 N–H and O–H groups in total. The lowest BCUT2D eigenvalue weighted by molar-refractivity contribution is 0.295. The van der Waals surface area contributed by atoms with Gasteiger partial charge >= 0.3 is 0 Å². The summed E-state index contributed by atoms with van der Waals surface area (Å²) in [4.78, 5) is 2.29. The maximum Gasteiger partial charge on any atom is 0.0202 e. The first kappa shape index (κ1) is 11.7. The van der Waals surface area contributed by atoms with Crippen LogP contribution in [-0.4, -0.2) is 37.6 Å². The summed E-state index contributed by atoms with van der Waals surface area (Å²) in [5.74, 6) is 0. The van der Waals surface area contributed by atoms with Gasteiger partial charge in [-0.05, 0) is 33.0 Å². The number of likely N-dealkylation sites (N-methyl/N-ethyl adjacent to an activating group) is 2. The van der Waals surface area contributed by atoms with Crippen LogP contribution in [-0.2, 0) is 0 Å². The predicted molar refractivity (Wildman–Crippen MR) is 55.4 cm³/mol. The van der Waals surface area contributed by atoms with E-state index in [4.69, 9.17) is 0 Å². The number of hydrogen-bond acceptors (Lipinski definition) is 2. The minimum absolute atomic E-state index is 0.600. The highest BCUT2D eigenvalue weighted by atomic mass is 15.1. The Hall–Kier alpha value is -0.340. The molecule has 72 valence electrons.